The zero-order valence-corrected chi connectivity index (χ0v) is 12.2. The van der Waals surface area contributed by atoms with E-state index in [1.807, 2.05) is 42.6 Å². The monoisotopic (exact) mass is 267 g/mol. The molecule has 2 heteroatoms. The highest BCUT2D eigenvalue weighted by Crippen LogP contribution is 2.15. The lowest BCUT2D eigenvalue weighted by atomic mass is 10.1. The van der Waals surface area contributed by atoms with E-state index in [1.165, 1.54) is 5.56 Å². The highest BCUT2D eigenvalue weighted by atomic mass is 16.5. The minimum atomic E-state index is 0.761. The standard InChI is InChI=1S/C18H21NO/c1-3-13-20-18-11-7-16(8-12-18)14-19-17-9-5-15(4-2)6-10-17/h5-12,14H,3-4,13H2,1-2H3. The number of benzene rings is 2. The summed E-state index contributed by atoms with van der Waals surface area (Å²) in [4.78, 5) is 4.48. The van der Waals surface area contributed by atoms with E-state index in [0.717, 1.165) is 36.4 Å². The maximum absolute atomic E-state index is 5.55. The van der Waals surface area contributed by atoms with E-state index >= 15 is 0 Å². The van der Waals surface area contributed by atoms with Crippen molar-refractivity contribution in [3.05, 3.63) is 59.7 Å². The first-order valence-electron chi connectivity index (χ1n) is 7.17. The number of hydrogen-bond acceptors (Lipinski definition) is 2. The van der Waals surface area contributed by atoms with Gasteiger partial charge in [-0.2, -0.15) is 0 Å². The Bertz CT molecular complexity index is 541. The first kappa shape index (κ1) is 14.3. The highest BCUT2D eigenvalue weighted by Gasteiger charge is 1.94. The van der Waals surface area contributed by atoms with Crippen LogP contribution in [0, 0.1) is 0 Å². The molecule has 0 aromatic heterocycles. The van der Waals surface area contributed by atoms with Crippen molar-refractivity contribution in [3.63, 3.8) is 0 Å². The average molecular weight is 267 g/mol. The summed E-state index contributed by atoms with van der Waals surface area (Å²) >= 11 is 0. The van der Waals surface area contributed by atoms with E-state index in [-0.39, 0.29) is 0 Å². The first-order valence-corrected chi connectivity index (χ1v) is 7.17. The molecule has 0 heterocycles. The van der Waals surface area contributed by atoms with Crippen molar-refractivity contribution in [2.45, 2.75) is 26.7 Å². The van der Waals surface area contributed by atoms with Crippen molar-refractivity contribution in [1.82, 2.24) is 0 Å². The predicted molar refractivity (Wildman–Crippen MR) is 85.3 cm³/mol. The molecule has 2 nitrogen and oxygen atoms in total. The largest absolute Gasteiger partial charge is 0.494 e. The molecule has 0 amide bonds. The molecule has 2 rings (SSSR count). The van der Waals surface area contributed by atoms with E-state index in [2.05, 4.69) is 31.0 Å². The molecule has 0 N–H and O–H groups in total. The third-order valence-electron chi connectivity index (χ3n) is 3.06. The Morgan fingerprint density at radius 1 is 0.950 bits per heavy atom. The molecule has 0 fully saturated rings. The summed E-state index contributed by atoms with van der Waals surface area (Å²) in [7, 11) is 0. The normalized spacial score (nSPS) is 10.9. The second-order valence-electron chi connectivity index (χ2n) is 4.70. The van der Waals surface area contributed by atoms with Crippen LogP contribution in [-0.2, 0) is 6.42 Å². The van der Waals surface area contributed by atoms with Gasteiger partial charge in [-0.25, -0.2) is 0 Å². The molecule has 0 unspecified atom stereocenters. The molecule has 2 aromatic carbocycles. The van der Waals surface area contributed by atoms with Crippen LogP contribution < -0.4 is 4.74 Å². The van der Waals surface area contributed by atoms with Crippen molar-refractivity contribution in [1.29, 1.82) is 0 Å². The van der Waals surface area contributed by atoms with Gasteiger partial charge >= 0.3 is 0 Å². The van der Waals surface area contributed by atoms with Crippen LogP contribution in [0.2, 0.25) is 0 Å². The number of nitrogens with zero attached hydrogens (tertiary/aromatic N) is 1. The van der Waals surface area contributed by atoms with Crippen molar-refractivity contribution in [2.24, 2.45) is 4.99 Å². The topological polar surface area (TPSA) is 21.6 Å². The fraction of sp³-hybridized carbons (Fsp3) is 0.278. The molecule has 104 valence electrons. The van der Waals surface area contributed by atoms with Crippen molar-refractivity contribution < 1.29 is 4.74 Å². The third kappa shape index (κ3) is 4.23. The van der Waals surface area contributed by atoms with Crippen molar-refractivity contribution in [2.75, 3.05) is 6.61 Å². The average Bonchev–Trinajstić information content (AvgIpc) is 2.52. The van der Waals surface area contributed by atoms with Crippen LogP contribution in [0.4, 0.5) is 5.69 Å². The van der Waals surface area contributed by atoms with Gasteiger partial charge in [0.1, 0.15) is 5.75 Å². The molecule has 0 saturated carbocycles. The Balaban J connectivity index is 1.99. The molecular weight excluding hydrogens is 246 g/mol. The van der Waals surface area contributed by atoms with Crippen LogP contribution >= 0.6 is 0 Å². The molecule has 0 spiro atoms. The van der Waals surface area contributed by atoms with Gasteiger partial charge in [-0.15, -0.1) is 0 Å². The second kappa shape index (κ2) is 7.49. The molecule has 20 heavy (non-hydrogen) atoms. The van der Waals surface area contributed by atoms with Crippen LogP contribution in [0.15, 0.2) is 53.5 Å². The lowest BCUT2D eigenvalue weighted by molar-refractivity contribution is 0.317. The highest BCUT2D eigenvalue weighted by molar-refractivity contribution is 5.82. The molecule has 0 aliphatic carbocycles. The number of ether oxygens (including phenoxy) is 1. The van der Waals surface area contributed by atoms with Crippen LogP contribution in [-0.4, -0.2) is 12.8 Å². The molecule has 0 aliphatic heterocycles. The van der Waals surface area contributed by atoms with Crippen LogP contribution in [0.3, 0.4) is 0 Å². The molecular formula is C18H21NO. The lowest BCUT2D eigenvalue weighted by Gasteiger charge is -2.03. The van der Waals surface area contributed by atoms with Crippen LogP contribution in [0.5, 0.6) is 5.75 Å². The van der Waals surface area contributed by atoms with Crippen molar-refractivity contribution in [3.8, 4) is 5.75 Å². The van der Waals surface area contributed by atoms with Gasteiger partial charge in [0.05, 0.1) is 12.3 Å². The maximum Gasteiger partial charge on any atom is 0.119 e. The summed E-state index contributed by atoms with van der Waals surface area (Å²) in [5.74, 6) is 0.913. The fourth-order valence-corrected chi connectivity index (χ4v) is 1.84. The van der Waals surface area contributed by atoms with Gasteiger partial charge in [0.25, 0.3) is 0 Å². The molecule has 0 atom stereocenters. The van der Waals surface area contributed by atoms with Gasteiger partial charge in [-0.05, 0) is 60.4 Å². The van der Waals surface area contributed by atoms with Gasteiger partial charge in [-0.1, -0.05) is 26.0 Å². The SMILES string of the molecule is CCCOc1ccc(C=Nc2ccc(CC)cc2)cc1. The van der Waals surface area contributed by atoms with E-state index in [0.29, 0.717) is 0 Å². The summed E-state index contributed by atoms with van der Waals surface area (Å²) in [5.41, 5.74) is 3.39. The van der Waals surface area contributed by atoms with Crippen LogP contribution in [0.25, 0.3) is 0 Å². The smallest absolute Gasteiger partial charge is 0.119 e. The zero-order chi connectivity index (χ0) is 14.2. The molecule has 0 saturated heterocycles. The maximum atomic E-state index is 5.55. The lowest BCUT2D eigenvalue weighted by Crippen LogP contribution is -1.94. The van der Waals surface area contributed by atoms with E-state index in [1.54, 1.807) is 0 Å². The summed E-state index contributed by atoms with van der Waals surface area (Å²) in [6, 6.07) is 16.4. The third-order valence-corrected chi connectivity index (χ3v) is 3.06. The zero-order valence-electron chi connectivity index (χ0n) is 12.2. The quantitative estimate of drug-likeness (QED) is 0.690. The van der Waals surface area contributed by atoms with Gasteiger partial charge in [-0.3, -0.25) is 4.99 Å². The summed E-state index contributed by atoms with van der Waals surface area (Å²) in [6.45, 7) is 5.02. The van der Waals surface area contributed by atoms with Gasteiger partial charge in [0, 0.05) is 6.21 Å². The number of aryl methyl sites for hydroxylation is 1. The predicted octanol–water partition coefficient (Wildman–Crippen LogP) is 4.79. The first-order chi connectivity index (χ1) is 9.81. The van der Waals surface area contributed by atoms with E-state index < -0.39 is 0 Å². The Labute approximate surface area is 121 Å². The van der Waals surface area contributed by atoms with E-state index in [9.17, 15) is 0 Å². The molecule has 0 aliphatic rings. The van der Waals surface area contributed by atoms with Gasteiger partial charge in [0.2, 0.25) is 0 Å². The minimum absolute atomic E-state index is 0.761. The fourth-order valence-electron chi connectivity index (χ4n) is 1.84. The number of aliphatic imine (C=N–C) groups is 1. The Hall–Kier alpha value is -2.09. The van der Waals surface area contributed by atoms with Gasteiger partial charge in [0.15, 0.2) is 0 Å². The molecule has 2 aromatic rings. The summed E-state index contributed by atoms with van der Waals surface area (Å²) < 4.78 is 5.55. The summed E-state index contributed by atoms with van der Waals surface area (Å²) in [5, 5.41) is 0. The second-order valence-corrected chi connectivity index (χ2v) is 4.70. The molecule has 0 bridgehead atoms. The Morgan fingerprint density at radius 2 is 1.65 bits per heavy atom. The van der Waals surface area contributed by atoms with E-state index in [4.69, 9.17) is 4.74 Å². The number of rotatable bonds is 6. The number of hydrogen-bond donors (Lipinski definition) is 0. The van der Waals surface area contributed by atoms with Crippen LogP contribution in [0.1, 0.15) is 31.4 Å². The minimum Gasteiger partial charge on any atom is -0.494 e. The van der Waals surface area contributed by atoms with Crippen molar-refractivity contribution >= 4 is 11.9 Å². The van der Waals surface area contributed by atoms with Gasteiger partial charge < -0.3 is 4.74 Å². The summed E-state index contributed by atoms with van der Waals surface area (Å²) in [6.07, 6.45) is 3.96. The Morgan fingerprint density at radius 3 is 2.25 bits per heavy atom. The Kier molecular flexibility index (Phi) is 5.36. The molecule has 0 radical (unpaired) electrons.